The van der Waals surface area contributed by atoms with Crippen LogP contribution in [0.5, 0.6) is 0 Å². The number of ether oxygens (including phenoxy) is 2. The first-order valence-corrected chi connectivity index (χ1v) is 16.0. The highest BCUT2D eigenvalue weighted by molar-refractivity contribution is 8.17. The summed E-state index contributed by atoms with van der Waals surface area (Å²) >= 11 is 3.39. The fourth-order valence-corrected chi connectivity index (χ4v) is 9.11. The van der Waals surface area contributed by atoms with Gasteiger partial charge in [-0.05, 0) is 80.1 Å². The third kappa shape index (κ3) is 5.95. The van der Waals surface area contributed by atoms with E-state index in [-0.39, 0.29) is 28.2 Å². The Morgan fingerprint density at radius 2 is 1.21 bits per heavy atom. The van der Waals surface area contributed by atoms with Crippen molar-refractivity contribution >= 4 is 35.5 Å². The summed E-state index contributed by atoms with van der Waals surface area (Å²) in [6.07, 6.45) is 11.2. The lowest BCUT2D eigenvalue weighted by atomic mass is 9.71. The molecule has 196 valence electrons. The van der Waals surface area contributed by atoms with Gasteiger partial charge < -0.3 is 9.47 Å². The molecule has 34 heavy (non-hydrogen) atoms. The Bertz CT molecular complexity index is 705. The van der Waals surface area contributed by atoms with Crippen molar-refractivity contribution in [2.24, 2.45) is 47.3 Å². The molecular formula is C28H48O4S2. The summed E-state index contributed by atoms with van der Waals surface area (Å²) in [6.45, 7) is 13.4. The molecule has 0 N–H and O–H groups in total. The molecule has 0 saturated heterocycles. The Hall–Kier alpha value is -0.360. The van der Waals surface area contributed by atoms with Crippen LogP contribution in [0.3, 0.4) is 0 Å². The molecule has 6 heteroatoms. The summed E-state index contributed by atoms with van der Waals surface area (Å²) in [5, 5.41) is 0. The standard InChI is InChI=1S/C28H48O4S2/c1-16(2)20-11-9-18(5)13-23(20)31-26(29)22-15-28(33-7,34-8)25(22)27(30)32-24-14-19(6)10-12-21(24)17(3)4/h16-25H,9-15H2,1-8H3/t18?,19?,20?,21?,22-,23?,24?,25-/m1/s1. The number of hydrogen-bond acceptors (Lipinski definition) is 6. The highest BCUT2D eigenvalue weighted by Crippen LogP contribution is 2.59. The Balaban J connectivity index is 1.74. The van der Waals surface area contributed by atoms with Crippen molar-refractivity contribution in [3.63, 3.8) is 0 Å². The molecule has 0 radical (unpaired) electrons. The predicted octanol–water partition coefficient (Wildman–Crippen LogP) is 7.05. The van der Waals surface area contributed by atoms with Gasteiger partial charge in [0.1, 0.15) is 12.2 Å². The van der Waals surface area contributed by atoms with Gasteiger partial charge in [0.2, 0.25) is 0 Å². The lowest BCUT2D eigenvalue weighted by Gasteiger charge is -2.51. The van der Waals surface area contributed by atoms with Gasteiger partial charge in [-0.2, -0.15) is 0 Å². The average molecular weight is 513 g/mol. The Kier molecular flexibility index (Phi) is 9.79. The summed E-state index contributed by atoms with van der Waals surface area (Å²) in [5.41, 5.74) is 0. The smallest absolute Gasteiger partial charge is 0.312 e. The van der Waals surface area contributed by atoms with E-state index in [1.807, 2.05) is 0 Å². The molecule has 3 aliphatic rings. The quantitative estimate of drug-likeness (QED) is 0.256. The van der Waals surface area contributed by atoms with Crippen LogP contribution in [-0.2, 0) is 19.1 Å². The van der Waals surface area contributed by atoms with Gasteiger partial charge in [-0.3, -0.25) is 9.59 Å². The number of carbonyl (C=O) groups is 2. The van der Waals surface area contributed by atoms with Crippen molar-refractivity contribution in [3.05, 3.63) is 0 Å². The van der Waals surface area contributed by atoms with Gasteiger partial charge >= 0.3 is 11.9 Å². The normalized spacial score (nSPS) is 37.8. The molecular weight excluding hydrogens is 464 g/mol. The van der Waals surface area contributed by atoms with E-state index in [1.165, 1.54) is 12.8 Å². The average Bonchev–Trinajstić information content (AvgIpc) is 2.73. The zero-order valence-corrected chi connectivity index (χ0v) is 24.3. The van der Waals surface area contributed by atoms with E-state index in [9.17, 15) is 9.59 Å². The molecule has 0 aromatic carbocycles. The molecule has 6 unspecified atom stereocenters. The maximum absolute atomic E-state index is 13.7. The third-order valence-electron chi connectivity index (χ3n) is 9.09. The Labute approximate surface area is 216 Å². The topological polar surface area (TPSA) is 52.6 Å². The summed E-state index contributed by atoms with van der Waals surface area (Å²) in [4.78, 5) is 27.1. The SMILES string of the molecule is CSC1(SC)C[C@@H](C(=O)OC2CC(C)CCC2C(C)C)[C@@H]1C(=O)OC1CC(C)CCC1C(C)C. The van der Waals surface area contributed by atoms with Gasteiger partial charge in [0.05, 0.1) is 15.9 Å². The summed E-state index contributed by atoms with van der Waals surface area (Å²) < 4.78 is 12.2. The Morgan fingerprint density at radius 1 is 0.765 bits per heavy atom. The molecule has 4 nitrogen and oxygen atoms in total. The van der Waals surface area contributed by atoms with E-state index < -0.39 is 11.8 Å². The molecule has 0 aromatic heterocycles. The number of hydrogen-bond donors (Lipinski definition) is 0. The first-order valence-electron chi connectivity index (χ1n) is 13.5. The van der Waals surface area contributed by atoms with Crippen molar-refractivity contribution in [2.75, 3.05) is 12.5 Å². The number of carbonyl (C=O) groups excluding carboxylic acids is 2. The second-order valence-electron chi connectivity index (χ2n) is 12.1. The van der Waals surface area contributed by atoms with Crippen molar-refractivity contribution < 1.29 is 19.1 Å². The van der Waals surface area contributed by atoms with Crippen LogP contribution in [0, 0.1) is 47.3 Å². The van der Waals surface area contributed by atoms with E-state index in [1.54, 1.807) is 23.5 Å². The molecule has 3 aliphatic carbocycles. The molecule has 0 amide bonds. The highest BCUT2D eigenvalue weighted by atomic mass is 32.2. The summed E-state index contributed by atoms with van der Waals surface area (Å²) in [6, 6.07) is 0. The molecule has 0 spiro atoms. The summed E-state index contributed by atoms with van der Waals surface area (Å²) in [7, 11) is 0. The number of thioether (sulfide) groups is 2. The van der Waals surface area contributed by atoms with Gasteiger partial charge in [-0.1, -0.05) is 54.4 Å². The van der Waals surface area contributed by atoms with E-state index >= 15 is 0 Å². The summed E-state index contributed by atoms with van der Waals surface area (Å²) in [5.74, 6) is 1.75. The second kappa shape index (κ2) is 11.8. The van der Waals surface area contributed by atoms with Crippen LogP contribution in [0.15, 0.2) is 0 Å². The minimum absolute atomic E-state index is 0.0315. The molecule has 0 heterocycles. The highest BCUT2D eigenvalue weighted by Gasteiger charge is 2.62. The predicted molar refractivity (Wildman–Crippen MR) is 144 cm³/mol. The zero-order valence-electron chi connectivity index (χ0n) is 22.7. The maximum Gasteiger partial charge on any atom is 0.312 e. The number of rotatable bonds is 8. The molecule has 8 atom stereocenters. The zero-order chi connectivity index (χ0) is 25.2. The lowest BCUT2D eigenvalue weighted by Crippen LogP contribution is -2.58. The fourth-order valence-electron chi connectivity index (χ4n) is 6.72. The van der Waals surface area contributed by atoms with Crippen molar-refractivity contribution in [1.29, 1.82) is 0 Å². The minimum Gasteiger partial charge on any atom is -0.462 e. The van der Waals surface area contributed by atoms with Crippen LogP contribution in [0.25, 0.3) is 0 Å². The minimum atomic E-state index is -0.437. The van der Waals surface area contributed by atoms with Crippen molar-refractivity contribution in [1.82, 2.24) is 0 Å². The first kappa shape index (κ1) is 28.2. The molecule has 3 fully saturated rings. The van der Waals surface area contributed by atoms with E-state index in [4.69, 9.17) is 9.47 Å². The Morgan fingerprint density at radius 3 is 1.62 bits per heavy atom. The van der Waals surface area contributed by atoms with Crippen molar-refractivity contribution in [2.45, 2.75) is 103 Å². The monoisotopic (exact) mass is 512 g/mol. The molecule has 3 saturated carbocycles. The molecule has 0 aromatic rings. The van der Waals surface area contributed by atoms with Gasteiger partial charge in [0, 0.05) is 0 Å². The van der Waals surface area contributed by atoms with Crippen LogP contribution in [0.2, 0.25) is 0 Å². The van der Waals surface area contributed by atoms with E-state index in [0.29, 0.717) is 41.9 Å². The molecule has 0 aliphatic heterocycles. The van der Waals surface area contributed by atoms with Gasteiger partial charge in [-0.25, -0.2) is 0 Å². The van der Waals surface area contributed by atoms with Crippen LogP contribution >= 0.6 is 23.5 Å². The van der Waals surface area contributed by atoms with E-state index in [0.717, 1.165) is 25.7 Å². The van der Waals surface area contributed by atoms with Gasteiger partial charge in [-0.15, -0.1) is 23.5 Å². The van der Waals surface area contributed by atoms with Crippen LogP contribution in [0.4, 0.5) is 0 Å². The van der Waals surface area contributed by atoms with Crippen LogP contribution in [0.1, 0.15) is 86.5 Å². The fraction of sp³-hybridized carbons (Fsp3) is 0.929. The second-order valence-corrected chi connectivity index (χ2v) is 14.6. The maximum atomic E-state index is 13.7. The lowest BCUT2D eigenvalue weighted by molar-refractivity contribution is -0.180. The van der Waals surface area contributed by atoms with Gasteiger partial charge in [0.25, 0.3) is 0 Å². The third-order valence-corrected chi connectivity index (χ3v) is 12.3. The number of esters is 2. The van der Waals surface area contributed by atoms with Crippen molar-refractivity contribution in [3.8, 4) is 0 Å². The van der Waals surface area contributed by atoms with E-state index in [2.05, 4.69) is 54.1 Å². The van der Waals surface area contributed by atoms with Gasteiger partial charge in [0.15, 0.2) is 0 Å². The molecule has 3 rings (SSSR count). The van der Waals surface area contributed by atoms with Crippen LogP contribution < -0.4 is 0 Å². The molecule has 0 bridgehead atoms. The first-order chi connectivity index (χ1) is 16.0. The van der Waals surface area contributed by atoms with Crippen LogP contribution in [-0.4, -0.2) is 40.7 Å². The largest absolute Gasteiger partial charge is 0.462 e.